The van der Waals surface area contributed by atoms with E-state index in [1.807, 2.05) is 0 Å². The van der Waals surface area contributed by atoms with Gasteiger partial charge in [0.15, 0.2) is 0 Å². The molecule has 2 N–H and O–H groups in total. The third-order valence-electron chi connectivity index (χ3n) is 2.82. The Labute approximate surface area is 129 Å². The molecule has 11 heteroatoms. The Morgan fingerprint density at radius 1 is 0.957 bits per heavy atom. The van der Waals surface area contributed by atoms with E-state index in [0.29, 0.717) is 5.69 Å². The van der Waals surface area contributed by atoms with E-state index in [0.717, 1.165) is 24.3 Å². The minimum absolute atomic E-state index is 0.000190. The highest BCUT2D eigenvalue weighted by Crippen LogP contribution is 2.31. The molecule has 0 bridgehead atoms. The van der Waals surface area contributed by atoms with Crippen LogP contribution in [0, 0.1) is 20.2 Å². The molecule has 0 aromatic heterocycles. The predicted octanol–water partition coefficient (Wildman–Crippen LogP) is 2.49. The molecule has 23 heavy (non-hydrogen) atoms. The van der Waals surface area contributed by atoms with Crippen molar-refractivity contribution in [2.24, 2.45) is 0 Å². The molecular weight excluding hydrogens is 330 g/mol. The van der Waals surface area contributed by atoms with E-state index in [1.165, 1.54) is 18.2 Å². The molecule has 0 spiro atoms. The predicted molar refractivity (Wildman–Crippen MR) is 79.3 cm³/mol. The number of nitro benzene ring substituents is 2. The molecule has 2 rings (SSSR count). The van der Waals surface area contributed by atoms with Crippen molar-refractivity contribution in [3.8, 4) is 0 Å². The lowest BCUT2D eigenvalue weighted by atomic mass is 10.2. The smallest absolute Gasteiger partial charge is 0.299 e. The summed E-state index contributed by atoms with van der Waals surface area (Å²) < 4.78 is 30.7. The van der Waals surface area contributed by atoms with Crippen molar-refractivity contribution in [3.05, 3.63) is 62.7 Å². The van der Waals surface area contributed by atoms with Gasteiger partial charge >= 0.3 is 0 Å². The normalized spacial score (nSPS) is 11.0. The standard InChI is InChI=1S/C12H9N3O7S/c16-14(17)9-3-6-11(12(7-9)15(18)19)13-8-1-4-10(5-2-8)23(20,21)22/h1-7,13H,(H,20,21,22). The molecule has 2 aromatic rings. The maximum Gasteiger partial charge on any atom is 0.299 e. The number of nitrogens with one attached hydrogen (secondary N) is 1. The number of rotatable bonds is 5. The van der Waals surface area contributed by atoms with E-state index >= 15 is 0 Å². The maximum absolute atomic E-state index is 11.0. The van der Waals surface area contributed by atoms with Gasteiger partial charge in [0.05, 0.1) is 20.8 Å². The summed E-state index contributed by atoms with van der Waals surface area (Å²) in [6, 6.07) is 7.87. The summed E-state index contributed by atoms with van der Waals surface area (Å²) in [6.45, 7) is 0. The second-order valence-corrected chi connectivity index (χ2v) is 5.76. The Morgan fingerprint density at radius 3 is 2.04 bits per heavy atom. The zero-order valence-electron chi connectivity index (χ0n) is 11.2. The van der Waals surface area contributed by atoms with Crippen molar-refractivity contribution in [1.82, 2.24) is 0 Å². The van der Waals surface area contributed by atoms with Gasteiger partial charge in [0.25, 0.3) is 21.5 Å². The molecule has 0 amide bonds. The molecule has 0 aliphatic rings. The first kappa shape index (κ1) is 16.3. The van der Waals surface area contributed by atoms with E-state index in [9.17, 15) is 28.6 Å². The van der Waals surface area contributed by atoms with Crippen LogP contribution >= 0.6 is 0 Å². The Hall–Kier alpha value is -3.05. The fraction of sp³-hybridized carbons (Fsp3) is 0. The number of non-ortho nitro benzene ring substituents is 1. The number of nitro groups is 2. The summed E-state index contributed by atoms with van der Waals surface area (Å²) in [5.74, 6) is 0. The van der Waals surface area contributed by atoms with Crippen LogP contribution in [0.1, 0.15) is 0 Å². The molecule has 0 heterocycles. The van der Waals surface area contributed by atoms with Crippen molar-refractivity contribution in [2.75, 3.05) is 5.32 Å². The van der Waals surface area contributed by atoms with Gasteiger partial charge in [-0.2, -0.15) is 8.42 Å². The molecule has 0 unspecified atom stereocenters. The van der Waals surface area contributed by atoms with Crippen LogP contribution in [0.2, 0.25) is 0 Å². The molecule has 0 radical (unpaired) electrons. The first-order chi connectivity index (χ1) is 10.7. The lowest BCUT2D eigenvalue weighted by Crippen LogP contribution is -2.00. The van der Waals surface area contributed by atoms with Crippen LogP contribution in [0.15, 0.2) is 47.4 Å². The molecule has 0 aliphatic heterocycles. The van der Waals surface area contributed by atoms with Crippen LogP contribution in [0.5, 0.6) is 0 Å². The summed E-state index contributed by atoms with van der Waals surface area (Å²) in [6.07, 6.45) is 0. The van der Waals surface area contributed by atoms with Crippen LogP contribution in [-0.2, 0) is 10.1 Å². The van der Waals surface area contributed by atoms with Crippen LogP contribution in [0.4, 0.5) is 22.7 Å². The van der Waals surface area contributed by atoms with Gasteiger partial charge in [-0.1, -0.05) is 0 Å². The summed E-state index contributed by atoms with van der Waals surface area (Å²) in [4.78, 5) is 19.8. The van der Waals surface area contributed by atoms with E-state index < -0.39 is 31.3 Å². The van der Waals surface area contributed by atoms with E-state index in [4.69, 9.17) is 4.55 Å². The van der Waals surface area contributed by atoms with Crippen molar-refractivity contribution < 1.29 is 22.8 Å². The Bertz CT molecular complexity index is 878. The molecular formula is C12H9N3O7S. The van der Waals surface area contributed by atoms with E-state index in [1.54, 1.807) is 0 Å². The molecule has 0 saturated carbocycles. The highest BCUT2D eigenvalue weighted by atomic mass is 32.2. The highest BCUT2D eigenvalue weighted by molar-refractivity contribution is 7.85. The summed E-state index contributed by atoms with van der Waals surface area (Å²) in [5, 5.41) is 24.3. The minimum Gasteiger partial charge on any atom is -0.350 e. The Kier molecular flexibility index (Phi) is 4.24. The Balaban J connectivity index is 2.36. The van der Waals surface area contributed by atoms with Crippen molar-refractivity contribution >= 4 is 32.9 Å². The third kappa shape index (κ3) is 3.78. The topological polar surface area (TPSA) is 153 Å². The fourth-order valence-electron chi connectivity index (χ4n) is 1.76. The maximum atomic E-state index is 11.0. The van der Waals surface area contributed by atoms with Crippen LogP contribution in [0.25, 0.3) is 0 Å². The van der Waals surface area contributed by atoms with Gasteiger partial charge in [-0.25, -0.2) is 0 Å². The molecule has 120 valence electrons. The number of hydrogen-bond acceptors (Lipinski definition) is 7. The fourth-order valence-corrected chi connectivity index (χ4v) is 2.24. The zero-order valence-corrected chi connectivity index (χ0v) is 12.1. The highest BCUT2D eigenvalue weighted by Gasteiger charge is 2.19. The average molecular weight is 339 g/mol. The van der Waals surface area contributed by atoms with Gasteiger partial charge in [0.1, 0.15) is 5.69 Å². The Morgan fingerprint density at radius 2 is 1.57 bits per heavy atom. The van der Waals surface area contributed by atoms with Gasteiger partial charge in [-0.05, 0) is 30.3 Å². The molecule has 0 atom stereocenters. The van der Waals surface area contributed by atoms with Gasteiger partial charge in [0.2, 0.25) is 0 Å². The van der Waals surface area contributed by atoms with Crippen LogP contribution in [0.3, 0.4) is 0 Å². The number of hydrogen-bond donors (Lipinski definition) is 2. The van der Waals surface area contributed by atoms with Gasteiger partial charge < -0.3 is 5.32 Å². The molecule has 0 saturated heterocycles. The first-order valence-corrected chi connectivity index (χ1v) is 7.40. The molecule has 0 fully saturated rings. The number of nitrogens with zero attached hydrogens (tertiary/aromatic N) is 2. The lowest BCUT2D eigenvalue weighted by Gasteiger charge is -2.07. The van der Waals surface area contributed by atoms with Gasteiger partial charge in [-0.3, -0.25) is 24.8 Å². The molecule has 2 aromatic carbocycles. The quantitative estimate of drug-likeness (QED) is 0.478. The summed E-state index contributed by atoms with van der Waals surface area (Å²) in [5.41, 5.74) is -0.628. The molecule has 10 nitrogen and oxygen atoms in total. The van der Waals surface area contributed by atoms with Crippen molar-refractivity contribution in [3.63, 3.8) is 0 Å². The van der Waals surface area contributed by atoms with Gasteiger partial charge in [0, 0.05) is 11.8 Å². The second-order valence-electron chi connectivity index (χ2n) is 4.34. The van der Waals surface area contributed by atoms with Crippen LogP contribution in [-0.4, -0.2) is 22.8 Å². The monoisotopic (exact) mass is 339 g/mol. The minimum atomic E-state index is -4.34. The second kappa shape index (κ2) is 5.98. The first-order valence-electron chi connectivity index (χ1n) is 5.96. The average Bonchev–Trinajstić information content (AvgIpc) is 2.46. The number of benzene rings is 2. The lowest BCUT2D eigenvalue weighted by molar-refractivity contribution is -0.393. The SMILES string of the molecule is O=[N+]([O-])c1ccc(Nc2ccc(S(=O)(=O)O)cc2)c([N+](=O)[O-])c1. The number of anilines is 2. The van der Waals surface area contributed by atoms with E-state index in [-0.39, 0.29) is 10.6 Å². The summed E-state index contributed by atoms with van der Waals surface area (Å²) >= 11 is 0. The van der Waals surface area contributed by atoms with Crippen molar-refractivity contribution in [1.29, 1.82) is 0 Å². The molecule has 0 aliphatic carbocycles. The summed E-state index contributed by atoms with van der Waals surface area (Å²) in [7, 11) is -4.34. The third-order valence-corrected chi connectivity index (χ3v) is 3.69. The zero-order chi connectivity index (χ0) is 17.2. The van der Waals surface area contributed by atoms with E-state index in [2.05, 4.69) is 5.32 Å². The van der Waals surface area contributed by atoms with Crippen LogP contribution < -0.4 is 5.32 Å². The van der Waals surface area contributed by atoms with Crippen molar-refractivity contribution in [2.45, 2.75) is 4.90 Å². The van der Waals surface area contributed by atoms with Gasteiger partial charge in [-0.15, -0.1) is 0 Å². The largest absolute Gasteiger partial charge is 0.350 e.